The second kappa shape index (κ2) is 9.60. The number of hydrogen-bond donors (Lipinski definition) is 1. The van der Waals surface area contributed by atoms with Gasteiger partial charge >= 0.3 is 0 Å². The second-order valence-electron chi connectivity index (χ2n) is 7.94. The minimum absolute atomic E-state index is 0.168. The highest BCUT2D eigenvalue weighted by Crippen LogP contribution is 2.25. The molecule has 1 atom stereocenters. The van der Waals surface area contributed by atoms with Crippen molar-refractivity contribution in [3.05, 3.63) is 54.1 Å². The zero-order valence-corrected chi connectivity index (χ0v) is 20.1. The molecular formula is C22H29N3O5S2. The first-order chi connectivity index (χ1) is 15.0. The Kier molecular flexibility index (Phi) is 7.26. The van der Waals surface area contributed by atoms with Gasteiger partial charge in [0.2, 0.25) is 26.0 Å². The summed E-state index contributed by atoms with van der Waals surface area (Å²) in [5.74, 6) is -0.492. The number of benzene rings is 2. The van der Waals surface area contributed by atoms with Gasteiger partial charge in [-0.15, -0.1) is 0 Å². The van der Waals surface area contributed by atoms with Crippen LogP contribution in [-0.4, -0.2) is 52.4 Å². The monoisotopic (exact) mass is 479 g/mol. The molecule has 1 N–H and O–H groups in total. The Morgan fingerprint density at radius 1 is 1.00 bits per heavy atom. The van der Waals surface area contributed by atoms with Gasteiger partial charge in [0, 0.05) is 18.8 Å². The predicted molar refractivity (Wildman–Crippen MR) is 126 cm³/mol. The molecule has 1 fully saturated rings. The van der Waals surface area contributed by atoms with Gasteiger partial charge in [-0.2, -0.15) is 4.31 Å². The maximum atomic E-state index is 13.0. The maximum absolute atomic E-state index is 13.0. The van der Waals surface area contributed by atoms with Gasteiger partial charge in [0.05, 0.1) is 16.8 Å². The van der Waals surface area contributed by atoms with Gasteiger partial charge in [0.15, 0.2) is 0 Å². The van der Waals surface area contributed by atoms with Crippen molar-refractivity contribution >= 4 is 37.3 Å². The number of amides is 1. The molecule has 174 valence electrons. The number of carbonyl (C=O) groups is 1. The lowest BCUT2D eigenvalue weighted by Crippen LogP contribution is -2.47. The van der Waals surface area contributed by atoms with E-state index in [1.165, 1.54) is 28.6 Å². The van der Waals surface area contributed by atoms with Crippen molar-refractivity contribution < 1.29 is 21.6 Å². The Morgan fingerprint density at radius 3 is 2.06 bits per heavy atom. The minimum Gasteiger partial charge on any atom is -0.324 e. The van der Waals surface area contributed by atoms with Crippen molar-refractivity contribution in [2.45, 2.75) is 44.0 Å². The Labute approximate surface area is 190 Å². The van der Waals surface area contributed by atoms with E-state index in [0.717, 1.165) is 29.0 Å². The number of anilines is 2. The molecular weight excluding hydrogens is 450 g/mol. The van der Waals surface area contributed by atoms with Crippen LogP contribution in [0.3, 0.4) is 0 Å². The molecule has 10 heteroatoms. The molecule has 1 aliphatic heterocycles. The Bertz CT molecular complexity index is 1160. The van der Waals surface area contributed by atoms with Crippen molar-refractivity contribution in [2.75, 3.05) is 29.0 Å². The molecule has 0 spiro atoms. The highest BCUT2D eigenvalue weighted by atomic mass is 32.2. The summed E-state index contributed by atoms with van der Waals surface area (Å²) < 4.78 is 53.0. The smallest absolute Gasteiger partial charge is 0.248 e. The molecule has 1 amide bonds. The Balaban J connectivity index is 1.81. The van der Waals surface area contributed by atoms with E-state index in [1.54, 1.807) is 31.2 Å². The summed E-state index contributed by atoms with van der Waals surface area (Å²) >= 11 is 0. The number of nitrogens with zero attached hydrogens (tertiary/aromatic N) is 2. The summed E-state index contributed by atoms with van der Waals surface area (Å²) in [4.78, 5) is 13.2. The van der Waals surface area contributed by atoms with E-state index in [2.05, 4.69) is 5.32 Å². The number of sulfonamides is 2. The van der Waals surface area contributed by atoms with Gasteiger partial charge in [-0.3, -0.25) is 9.10 Å². The van der Waals surface area contributed by atoms with Gasteiger partial charge < -0.3 is 5.32 Å². The molecule has 0 aliphatic carbocycles. The Hall–Kier alpha value is -2.43. The molecule has 1 aliphatic rings. The third kappa shape index (κ3) is 5.31. The van der Waals surface area contributed by atoms with Crippen molar-refractivity contribution in [3.63, 3.8) is 0 Å². The summed E-state index contributed by atoms with van der Waals surface area (Å²) in [5, 5.41) is 2.72. The summed E-state index contributed by atoms with van der Waals surface area (Å²) in [6.07, 6.45) is 3.03. The number of carbonyl (C=O) groups excluding carboxylic acids is 1. The molecule has 2 aromatic rings. The highest BCUT2D eigenvalue weighted by molar-refractivity contribution is 7.92. The fourth-order valence-corrected chi connectivity index (χ4v) is 6.49. The first-order valence-electron chi connectivity index (χ1n) is 10.5. The summed E-state index contributed by atoms with van der Waals surface area (Å²) in [5.41, 5.74) is 1.78. The van der Waals surface area contributed by atoms with E-state index in [4.69, 9.17) is 0 Å². The number of nitrogens with one attached hydrogen (secondary N) is 1. The number of aryl methyl sites for hydroxylation is 1. The molecule has 3 rings (SSSR count). The standard InChI is InChI=1S/C22H29N3O5S2/c1-4-21(25(31(3,27)28)19-11-7-17(2)8-12-19)22(26)23-18-9-13-20(14-10-18)32(29,30)24-15-5-6-16-24/h7-14,21H,4-6,15-16H2,1-3H3,(H,23,26)/t21-/m1/s1. The topological polar surface area (TPSA) is 104 Å². The molecule has 1 saturated heterocycles. The quantitative estimate of drug-likeness (QED) is 0.627. The van der Waals surface area contributed by atoms with Crippen molar-refractivity contribution in [1.29, 1.82) is 0 Å². The lowest BCUT2D eigenvalue weighted by molar-refractivity contribution is -0.117. The third-order valence-electron chi connectivity index (χ3n) is 5.44. The largest absolute Gasteiger partial charge is 0.324 e. The van der Waals surface area contributed by atoms with Gasteiger partial charge in [0.25, 0.3) is 0 Å². The fourth-order valence-electron chi connectivity index (χ4n) is 3.77. The molecule has 1 heterocycles. The van der Waals surface area contributed by atoms with E-state index >= 15 is 0 Å². The van der Waals surface area contributed by atoms with Crippen LogP contribution in [0.15, 0.2) is 53.4 Å². The van der Waals surface area contributed by atoms with Crippen LogP contribution in [0.1, 0.15) is 31.7 Å². The van der Waals surface area contributed by atoms with E-state index in [1.807, 2.05) is 6.92 Å². The van der Waals surface area contributed by atoms with Gasteiger partial charge in [-0.25, -0.2) is 16.8 Å². The van der Waals surface area contributed by atoms with Crippen LogP contribution in [0, 0.1) is 6.92 Å². The fraction of sp³-hybridized carbons (Fsp3) is 0.409. The van der Waals surface area contributed by atoms with Gasteiger partial charge in [-0.05, 0) is 62.6 Å². The van der Waals surface area contributed by atoms with Crippen LogP contribution in [0.2, 0.25) is 0 Å². The normalized spacial score (nSPS) is 16.0. The minimum atomic E-state index is -3.73. The molecule has 0 saturated carbocycles. The molecule has 8 nitrogen and oxygen atoms in total. The van der Waals surface area contributed by atoms with E-state index in [9.17, 15) is 21.6 Å². The summed E-state index contributed by atoms with van der Waals surface area (Å²) in [6.45, 7) is 4.66. The average molecular weight is 480 g/mol. The van der Waals surface area contributed by atoms with Crippen molar-refractivity contribution in [2.24, 2.45) is 0 Å². The van der Waals surface area contributed by atoms with E-state index in [-0.39, 0.29) is 11.3 Å². The first kappa shape index (κ1) is 24.2. The second-order valence-corrected chi connectivity index (χ2v) is 11.7. The molecule has 32 heavy (non-hydrogen) atoms. The van der Waals surface area contributed by atoms with Crippen LogP contribution in [-0.2, 0) is 24.8 Å². The van der Waals surface area contributed by atoms with Crippen molar-refractivity contribution in [3.8, 4) is 0 Å². The number of hydrogen-bond acceptors (Lipinski definition) is 5. The van der Waals surface area contributed by atoms with Crippen molar-refractivity contribution in [1.82, 2.24) is 4.31 Å². The highest BCUT2D eigenvalue weighted by Gasteiger charge is 2.32. The Morgan fingerprint density at radius 2 is 1.56 bits per heavy atom. The average Bonchev–Trinajstić information content (AvgIpc) is 3.28. The molecule has 0 bridgehead atoms. The maximum Gasteiger partial charge on any atom is 0.248 e. The van der Waals surface area contributed by atoms with Crippen LogP contribution in [0.4, 0.5) is 11.4 Å². The predicted octanol–water partition coefficient (Wildman–Crippen LogP) is 2.96. The molecule has 0 unspecified atom stereocenters. The van der Waals surface area contributed by atoms with Crippen LogP contribution in [0.5, 0.6) is 0 Å². The molecule has 0 radical (unpaired) electrons. The van der Waals surface area contributed by atoms with Crippen LogP contribution in [0.25, 0.3) is 0 Å². The van der Waals surface area contributed by atoms with Gasteiger partial charge in [-0.1, -0.05) is 24.6 Å². The van der Waals surface area contributed by atoms with Crippen LogP contribution < -0.4 is 9.62 Å². The lowest BCUT2D eigenvalue weighted by Gasteiger charge is -2.30. The summed E-state index contributed by atoms with van der Waals surface area (Å²) in [7, 11) is -7.27. The van der Waals surface area contributed by atoms with Gasteiger partial charge in [0.1, 0.15) is 6.04 Å². The van der Waals surface area contributed by atoms with E-state index < -0.39 is 32.0 Å². The number of rotatable bonds is 8. The third-order valence-corrected chi connectivity index (χ3v) is 8.54. The molecule has 2 aromatic carbocycles. The zero-order chi connectivity index (χ0) is 23.5. The molecule has 0 aromatic heterocycles. The SMILES string of the molecule is CC[C@H](C(=O)Nc1ccc(S(=O)(=O)N2CCCC2)cc1)N(c1ccc(C)cc1)S(C)(=O)=O. The zero-order valence-electron chi connectivity index (χ0n) is 18.5. The summed E-state index contributed by atoms with van der Waals surface area (Å²) in [6, 6.07) is 11.9. The van der Waals surface area contributed by atoms with E-state index in [0.29, 0.717) is 24.5 Å². The van der Waals surface area contributed by atoms with Crippen LogP contribution >= 0.6 is 0 Å². The first-order valence-corrected chi connectivity index (χ1v) is 13.8. The lowest BCUT2D eigenvalue weighted by atomic mass is 10.1.